The summed E-state index contributed by atoms with van der Waals surface area (Å²) in [5, 5.41) is 13.4. The van der Waals surface area contributed by atoms with Crippen LogP contribution < -0.4 is 5.32 Å². The number of benzene rings is 2. The summed E-state index contributed by atoms with van der Waals surface area (Å²) in [5.41, 5.74) is 1.10. The Hall–Kier alpha value is -3.49. The van der Waals surface area contributed by atoms with Crippen LogP contribution in [-0.2, 0) is 11.2 Å². The molecule has 0 aliphatic heterocycles. The number of aliphatic carboxylic acids is 1. The highest BCUT2D eigenvalue weighted by atomic mass is 19.2. The van der Waals surface area contributed by atoms with E-state index in [1.807, 2.05) is 0 Å². The van der Waals surface area contributed by atoms with Crippen molar-refractivity contribution in [1.82, 2.24) is 9.97 Å². The Morgan fingerprint density at radius 2 is 1.63 bits per heavy atom. The van der Waals surface area contributed by atoms with E-state index >= 15 is 0 Å². The van der Waals surface area contributed by atoms with Gasteiger partial charge in [0.15, 0.2) is 17.5 Å². The van der Waals surface area contributed by atoms with Gasteiger partial charge in [0.25, 0.3) is 0 Å². The van der Waals surface area contributed by atoms with Crippen LogP contribution in [0.3, 0.4) is 0 Å². The number of carboxylic acid groups (broad SMARTS) is 1. The number of carbonyl (C=O) groups is 1. The van der Waals surface area contributed by atoms with Crippen molar-refractivity contribution in [3.05, 3.63) is 70.6 Å². The zero-order valence-corrected chi connectivity index (χ0v) is 18.5. The number of aromatic nitrogens is 2. The highest BCUT2D eigenvalue weighted by molar-refractivity contribution is 5.92. The number of halogens is 4. The van der Waals surface area contributed by atoms with Gasteiger partial charge in [-0.2, -0.15) is 0 Å². The van der Waals surface area contributed by atoms with Crippen LogP contribution in [0.1, 0.15) is 42.6 Å². The molecule has 3 aromatic rings. The van der Waals surface area contributed by atoms with Crippen molar-refractivity contribution in [3.8, 4) is 0 Å². The summed E-state index contributed by atoms with van der Waals surface area (Å²) in [5.74, 6) is -4.70. The Morgan fingerprint density at radius 1 is 0.914 bits per heavy atom. The third-order valence-electron chi connectivity index (χ3n) is 7.75. The number of hydrogen-bond acceptors (Lipinski definition) is 4. The normalized spacial score (nSPS) is 25.0. The van der Waals surface area contributed by atoms with Gasteiger partial charge in [0.1, 0.15) is 17.5 Å². The molecule has 35 heavy (non-hydrogen) atoms. The lowest BCUT2D eigenvalue weighted by molar-refractivity contribution is -0.148. The van der Waals surface area contributed by atoms with Crippen LogP contribution >= 0.6 is 0 Å². The van der Waals surface area contributed by atoms with Crippen LogP contribution in [0.4, 0.5) is 23.4 Å². The first-order valence-corrected chi connectivity index (χ1v) is 11.6. The Kier molecular flexibility index (Phi) is 5.05. The summed E-state index contributed by atoms with van der Waals surface area (Å²) in [6, 6.07) is 3.52. The molecule has 0 amide bonds. The molecule has 0 radical (unpaired) electrons. The number of carboxylic acids is 1. The largest absolute Gasteiger partial charge is 0.481 e. The first-order chi connectivity index (χ1) is 16.8. The Balaban J connectivity index is 1.49. The smallest absolute Gasteiger partial charge is 0.308 e. The predicted molar refractivity (Wildman–Crippen MR) is 121 cm³/mol. The topological polar surface area (TPSA) is 75.1 Å². The Bertz CT molecular complexity index is 1420. The molecule has 3 fully saturated rings. The van der Waals surface area contributed by atoms with Crippen LogP contribution in [0, 0.1) is 41.0 Å². The summed E-state index contributed by atoms with van der Waals surface area (Å²) in [6.45, 7) is 0. The number of nitrogens with zero attached hydrogens (tertiary/aromatic N) is 2. The van der Waals surface area contributed by atoms with Crippen molar-refractivity contribution in [2.45, 2.75) is 38.1 Å². The van der Waals surface area contributed by atoms with Crippen LogP contribution in [-0.4, -0.2) is 27.1 Å². The van der Waals surface area contributed by atoms with Gasteiger partial charge in [-0.1, -0.05) is 6.08 Å². The minimum atomic E-state index is -1.09. The summed E-state index contributed by atoms with van der Waals surface area (Å²) in [7, 11) is 0. The number of hydrogen-bond donors (Lipinski definition) is 2. The molecule has 4 aliphatic carbocycles. The molecular weight excluding hydrogens is 462 g/mol. The molecule has 1 aromatic heterocycles. The van der Waals surface area contributed by atoms with Crippen LogP contribution in [0.15, 0.2) is 30.3 Å². The van der Waals surface area contributed by atoms with Gasteiger partial charge in [-0.3, -0.25) is 4.79 Å². The molecule has 2 bridgehead atoms. The summed E-state index contributed by atoms with van der Waals surface area (Å²) < 4.78 is 56.6. The number of allylic oxidation sites excluding steroid dienone is 1. The summed E-state index contributed by atoms with van der Waals surface area (Å²) in [4.78, 5) is 21.1. The molecule has 2 unspecified atom stereocenters. The molecule has 4 aliphatic rings. The van der Waals surface area contributed by atoms with E-state index in [1.54, 1.807) is 6.08 Å². The third-order valence-corrected chi connectivity index (χ3v) is 7.75. The van der Waals surface area contributed by atoms with E-state index in [-0.39, 0.29) is 40.8 Å². The molecule has 9 heteroatoms. The molecule has 2 N–H and O–H groups in total. The van der Waals surface area contributed by atoms with Crippen molar-refractivity contribution in [2.24, 2.45) is 17.8 Å². The lowest BCUT2D eigenvalue weighted by Crippen LogP contribution is -2.51. The highest BCUT2D eigenvalue weighted by Crippen LogP contribution is 2.47. The number of fused-ring (bicyclic) bond motifs is 5. The number of nitrogens with one attached hydrogen (secondary N) is 1. The lowest BCUT2D eigenvalue weighted by atomic mass is 9.61. The molecule has 2 atom stereocenters. The SMILES string of the molecule is O=C(O)C1C2CCC(CC2)C1Nc1nc(C2=CCc3c(F)cc(F)cc32)nc2cc(F)c(F)cc12. The van der Waals surface area contributed by atoms with E-state index in [1.165, 1.54) is 6.07 Å². The van der Waals surface area contributed by atoms with Gasteiger partial charge in [0.2, 0.25) is 0 Å². The van der Waals surface area contributed by atoms with E-state index in [4.69, 9.17) is 0 Å². The highest BCUT2D eigenvalue weighted by Gasteiger charge is 2.47. The van der Waals surface area contributed by atoms with Crippen molar-refractivity contribution in [2.75, 3.05) is 5.32 Å². The molecule has 0 spiro atoms. The average molecular weight is 483 g/mol. The van der Waals surface area contributed by atoms with Gasteiger partial charge >= 0.3 is 5.97 Å². The van der Waals surface area contributed by atoms with Gasteiger partial charge in [-0.05, 0) is 67.2 Å². The van der Waals surface area contributed by atoms with Gasteiger partial charge in [-0.25, -0.2) is 27.5 Å². The number of rotatable bonds is 4. The maximum Gasteiger partial charge on any atom is 0.308 e. The fraction of sp³-hybridized carbons (Fsp3) is 0.346. The van der Waals surface area contributed by atoms with Crippen molar-refractivity contribution in [3.63, 3.8) is 0 Å². The fourth-order valence-corrected chi connectivity index (χ4v) is 6.10. The lowest BCUT2D eigenvalue weighted by Gasteiger charge is -2.47. The second-order valence-electron chi connectivity index (χ2n) is 9.62. The standard InChI is InChI=1S/C26H21F4N3O2/c27-13-7-16-14(18(28)8-13)5-6-15(16)24-31-21-10-20(30)19(29)9-17(21)25(33-24)32-23-12-3-1-11(2-4-12)22(23)26(34)35/h6-12,22-23H,1-5H2,(H,34,35)(H,31,32,33). The first kappa shape index (κ1) is 22.0. The van der Waals surface area contributed by atoms with E-state index in [0.29, 0.717) is 16.7 Å². The van der Waals surface area contributed by atoms with E-state index in [2.05, 4.69) is 15.3 Å². The third kappa shape index (κ3) is 3.56. The summed E-state index contributed by atoms with van der Waals surface area (Å²) >= 11 is 0. The van der Waals surface area contributed by atoms with Gasteiger partial charge in [0, 0.05) is 29.1 Å². The Morgan fingerprint density at radius 3 is 2.37 bits per heavy atom. The second kappa shape index (κ2) is 8.03. The zero-order valence-electron chi connectivity index (χ0n) is 18.5. The van der Waals surface area contributed by atoms with E-state index in [9.17, 15) is 27.5 Å². The molecule has 0 saturated heterocycles. The van der Waals surface area contributed by atoms with E-state index < -0.39 is 41.2 Å². The minimum absolute atomic E-state index is 0.0344. The van der Waals surface area contributed by atoms with Crippen molar-refractivity contribution >= 4 is 28.3 Å². The quantitative estimate of drug-likeness (QED) is 0.481. The molecule has 5 nitrogen and oxygen atoms in total. The van der Waals surface area contributed by atoms with Gasteiger partial charge in [-0.15, -0.1) is 0 Å². The van der Waals surface area contributed by atoms with Crippen molar-refractivity contribution in [1.29, 1.82) is 0 Å². The maximum atomic E-state index is 14.3. The molecule has 7 rings (SSSR count). The number of anilines is 1. The fourth-order valence-electron chi connectivity index (χ4n) is 6.10. The van der Waals surface area contributed by atoms with E-state index in [0.717, 1.165) is 43.9 Å². The zero-order chi connectivity index (χ0) is 24.4. The first-order valence-electron chi connectivity index (χ1n) is 11.6. The Labute approximate surface area is 197 Å². The maximum absolute atomic E-state index is 14.3. The average Bonchev–Trinajstić information content (AvgIpc) is 3.25. The van der Waals surface area contributed by atoms with Crippen molar-refractivity contribution < 1.29 is 27.5 Å². The van der Waals surface area contributed by atoms with Gasteiger partial charge in [0.05, 0.1) is 11.4 Å². The molecule has 1 heterocycles. The molecular formula is C26H21F4N3O2. The molecule has 2 aromatic carbocycles. The molecule has 3 saturated carbocycles. The summed E-state index contributed by atoms with van der Waals surface area (Å²) in [6.07, 6.45) is 5.32. The van der Waals surface area contributed by atoms with Crippen LogP contribution in [0.25, 0.3) is 16.5 Å². The van der Waals surface area contributed by atoms with Crippen LogP contribution in [0.2, 0.25) is 0 Å². The van der Waals surface area contributed by atoms with Gasteiger partial charge < -0.3 is 10.4 Å². The second-order valence-corrected chi connectivity index (χ2v) is 9.62. The molecule has 180 valence electrons. The monoisotopic (exact) mass is 483 g/mol. The predicted octanol–water partition coefficient (Wildman–Crippen LogP) is 5.48. The van der Waals surface area contributed by atoms with Crippen LogP contribution in [0.5, 0.6) is 0 Å². The minimum Gasteiger partial charge on any atom is -0.481 e.